The zero-order valence-corrected chi connectivity index (χ0v) is 11.9. The summed E-state index contributed by atoms with van der Waals surface area (Å²) < 4.78 is 10.7. The zero-order chi connectivity index (χ0) is 14.1. The number of aromatic nitrogens is 2. The van der Waals surface area contributed by atoms with Crippen molar-refractivity contribution in [1.82, 2.24) is 10.1 Å². The van der Waals surface area contributed by atoms with Gasteiger partial charge in [0.25, 0.3) is 0 Å². The van der Waals surface area contributed by atoms with Crippen LogP contribution in [0, 0.1) is 6.92 Å². The molecule has 0 fully saturated rings. The van der Waals surface area contributed by atoms with Crippen molar-refractivity contribution >= 4 is 0 Å². The first kappa shape index (κ1) is 13.1. The van der Waals surface area contributed by atoms with Gasteiger partial charge in [-0.3, -0.25) is 0 Å². The lowest BCUT2D eigenvalue weighted by Gasteiger charge is -2.21. The van der Waals surface area contributed by atoms with Crippen LogP contribution >= 0.6 is 0 Å². The Hall–Kier alpha value is -1.88. The van der Waals surface area contributed by atoms with Crippen molar-refractivity contribution in [1.29, 1.82) is 0 Å². The number of aryl methyl sites for hydroxylation is 1. The Morgan fingerprint density at radius 2 is 2.15 bits per heavy atom. The fourth-order valence-corrected chi connectivity index (χ4v) is 2.96. The zero-order valence-electron chi connectivity index (χ0n) is 11.9. The minimum absolute atomic E-state index is 0.249. The number of hydrogen-bond donors (Lipinski definition) is 1. The molecule has 0 atom stereocenters. The number of methoxy groups -OCH3 is 1. The van der Waals surface area contributed by atoms with E-state index in [1.807, 2.05) is 0 Å². The number of hydrogen-bond acceptors (Lipinski definition) is 5. The van der Waals surface area contributed by atoms with E-state index in [-0.39, 0.29) is 6.54 Å². The summed E-state index contributed by atoms with van der Waals surface area (Å²) in [7, 11) is 1.68. The summed E-state index contributed by atoms with van der Waals surface area (Å²) in [6, 6.07) is 2.12. The van der Waals surface area contributed by atoms with Crippen molar-refractivity contribution in [2.24, 2.45) is 5.73 Å². The molecule has 0 unspecified atom stereocenters. The van der Waals surface area contributed by atoms with E-state index in [2.05, 4.69) is 23.1 Å². The van der Waals surface area contributed by atoms with E-state index in [1.165, 1.54) is 29.5 Å². The molecule has 106 valence electrons. The van der Waals surface area contributed by atoms with Crippen LogP contribution in [0.5, 0.6) is 5.75 Å². The molecule has 0 spiro atoms. The Labute approximate surface area is 118 Å². The number of ether oxygens (including phenoxy) is 1. The van der Waals surface area contributed by atoms with Gasteiger partial charge >= 0.3 is 0 Å². The number of nitrogens with two attached hydrogens (primary N) is 1. The lowest BCUT2D eigenvalue weighted by Crippen LogP contribution is -2.07. The van der Waals surface area contributed by atoms with E-state index in [9.17, 15) is 0 Å². The summed E-state index contributed by atoms with van der Waals surface area (Å²) in [5.74, 6) is 1.82. The predicted octanol–water partition coefficient (Wildman–Crippen LogP) is 2.39. The van der Waals surface area contributed by atoms with E-state index >= 15 is 0 Å². The van der Waals surface area contributed by atoms with Gasteiger partial charge in [-0.2, -0.15) is 4.98 Å². The van der Waals surface area contributed by atoms with Gasteiger partial charge < -0.3 is 15.0 Å². The minimum atomic E-state index is 0.249. The molecule has 1 heterocycles. The lowest BCUT2D eigenvalue weighted by atomic mass is 9.86. The second-order valence-corrected chi connectivity index (χ2v) is 5.14. The predicted molar refractivity (Wildman–Crippen MR) is 75.6 cm³/mol. The van der Waals surface area contributed by atoms with E-state index < -0.39 is 0 Å². The van der Waals surface area contributed by atoms with E-state index in [0.717, 1.165) is 24.2 Å². The largest absolute Gasteiger partial charge is 0.496 e. The average molecular weight is 273 g/mol. The van der Waals surface area contributed by atoms with Crippen molar-refractivity contribution in [3.8, 4) is 17.1 Å². The fourth-order valence-electron chi connectivity index (χ4n) is 2.96. The molecular formula is C15H19N3O2. The highest BCUT2D eigenvalue weighted by atomic mass is 16.5. The Morgan fingerprint density at radius 3 is 2.85 bits per heavy atom. The second kappa shape index (κ2) is 5.25. The maximum absolute atomic E-state index is 5.54. The molecule has 5 heteroatoms. The number of fused-ring (bicyclic) bond motifs is 1. The topological polar surface area (TPSA) is 74.2 Å². The van der Waals surface area contributed by atoms with Crippen LogP contribution in [0.1, 0.15) is 35.4 Å². The molecular weight excluding hydrogens is 254 g/mol. The van der Waals surface area contributed by atoms with Crippen LogP contribution in [0.4, 0.5) is 0 Å². The minimum Gasteiger partial charge on any atom is -0.496 e. The molecule has 5 nitrogen and oxygen atoms in total. The highest BCUT2D eigenvalue weighted by Gasteiger charge is 2.22. The van der Waals surface area contributed by atoms with Crippen molar-refractivity contribution < 1.29 is 9.26 Å². The molecule has 1 aromatic heterocycles. The number of nitrogens with zero attached hydrogens (tertiary/aromatic N) is 2. The van der Waals surface area contributed by atoms with Crippen molar-refractivity contribution in [3.63, 3.8) is 0 Å². The van der Waals surface area contributed by atoms with Gasteiger partial charge in [0.1, 0.15) is 5.75 Å². The van der Waals surface area contributed by atoms with Crippen LogP contribution in [0.3, 0.4) is 0 Å². The normalized spacial score (nSPS) is 14.2. The van der Waals surface area contributed by atoms with Crippen LogP contribution in [-0.2, 0) is 19.4 Å². The van der Waals surface area contributed by atoms with Gasteiger partial charge in [0.15, 0.2) is 0 Å². The third-order valence-corrected chi connectivity index (χ3v) is 3.98. The standard InChI is InChI=1S/C15H19N3O2/c1-9-11-6-4-3-5-10(11)7-12(19-2)14(9)15-17-13(8-16)20-18-15/h7H,3-6,8,16H2,1-2H3. The molecule has 0 amide bonds. The molecule has 1 aliphatic rings. The molecule has 0 saturated carbocycles. The first-order chi connectivity index (χ1) is 9.74. The van der Waals surface area contributed by atoms with Crippen LogP contribution in [-0.4, -0.2) is 17.3 Å². The molecule has 3 rings (SSSR count). The van der Waals surface area contributed by atoms with Gasteiger partial charge in [-0.15, -0.1) is 0 Å². The average Bonchev–Trinajstić information content (AvgIpc) is 2.95. The third-order valence-electron chi connectivity index (χ3n) is 3.98. The van der Waals surface area contributed by atoms with E-state index in [1.54, 1.807) is 7.11 Å². The first-order valence-corrected chi connectivity index (χ1v) is 6.97. The Kier molecular flexibility index (Phi) is 3.44. The van der Waals surface area contributed by atoms with Gasteiger partial charge in [-0.25, -0.2) is 0 Å². The molecule has 0 aliphatic heterocycles. The molecule has 0 saturated heterocycles. The highest BCUT2D eigenvalue weighted by Crippen LogP contribution is 2.38. The summed E-state index contributed by atoms with van der Waals surface area (Å²) in [5.41, 5.74) is 10.5. The fraction of sp³-hybridized carbons (Fsp3) is 0.467. The van der Waals surface area contributed by atoms with Gasteiger partial charge in [0.05, 0.1) is 19.2 Å². The van der Waals surface area contributed by atoms with Crippen molar-refractivity contribution in [2.45, 2.75) is 39.2 Å². The molecule has 0 radical (unpaired) electrons. The van der Waals surface area contributed by atoms with E-state index in [4.69, 9.17) is 15.0 Å². The number of benzene rings is 1. The molecule has 0 bridgehead atoms. The molecule has 1 aromatic carbocycles. The third kappa shape index (κ3) is 2.08. The van der Waals surface area contributed by atoms with Crippen LogP contribution in [0.15, 0.2) is 10.6 Å². The van der Waals surface area contributed by atoms with Crippen LogP contribution in [0.25, 0.3) is 11.4 Å². The SMILES string of the molecule is COc1cc2c(c(C)c1-c1noc(CN)n1)CCCC2. The maximum atomic E-state index is 5.54. The van der Waals surface area contributed by atoms with Crippen molar-refractivity contribution in [2.75, 3.05) is 7.11 Å². The summed E-state index contributed by atoms with van der Waals surface area (Å²) in [6.45, 7) is 2.36. The highest BCUT2D eigenvalue weighted by molar-refractivity contribution is 5.71. The van der Waals surface area contributed by atoms with E-state index in [0.29, 0.717) is 11.7 Å². The monoisotopic (exact) mass is 273 g/mol. The molecule has 1 aliphatic carbocycles. The van der Waals surface area contributed by atoms with Crippen molar-refractivity contribution in [3.05, 3.63) is 28.6 Å². The molecule has 2 aromatic rings. The summed E-state index contributed by atoms with van der Waals surface area (Å²) in [6.07, 6.45) is 4.71. The lowest BCUT2D eigenvalue weighted by molar-refractivity contribution is 0.379. The molecule has 20 heavy (non-hydrogen) atoms. The molecule has 2 N–H and O–H groups in total. The maximum Gasteiger partial charge on any atom is 0.240 e. The number of rotatable bonds is 3. The first-order valence-electron chi connectivity index (χ1n) is 6.97. The quantitative estimate of drug-likeness (QED) is 0.929. The smallest absolute Gasteiger partial charge is 0.240 e. The Morgan fingerprint density at radius 1 is 1.35 bits per heavy atom. The summed E-state index contributed by atoms with van der Waals surface area (Å²) in [5, 5.41) is 4.03. The van der Waals surface area contributed by atoms with Gasteiger partial charge in [0.2, 0.25) is 11.7 Å². The Bertz CT molecular complexity index is 634. The summed E-state index contributed by atoms with van der Waals surface area (Å²) >= 11 is 0. The Balaban J connectivity index is 2.17. The summed E-state index contributed by atoms with van der Waals surface area (Å²) in [4.78, 5) is 4.33. The van der Waals surface area contributed by atoms with Gasteiger partial charge in [0, 0.05) is 0 Å². The van der Waals surface area contributed by atoms with Gasteiger partial charge in [-0.1, -0.05) is 5.16 Å². The second-order valence-electron chi connectivity index (χ2n) is 5.14. The van der Waals surface area contributed by atoms with Crippen LogP contribution < -0.4 is 10.5 Å². The van der Waals surface area contributed by atoms with Crippen LogP contribution in [0.2, 0.25) is 0 Å². The van der Waals surface area contributed by atoms with Gasteiger partial charge in [-0.05, 0) is 55.4 Å².